The lowest BCUT2D eigenvalue weighted by Gasteiger charge is -2.14. The molecule has 4 rings (SSSR count). The molecule has 0 aliphatic carbocycles. The highest BCUT2D eigenvalue weighted by Crippen LogP contribution is 2.31. The van der Waals surface area contributed by atoms with E-state index in [1.54, 1.807) is 0 Å². The third kappa shape index (κ3) is 4.74. The first-order chi connectivity index (χ1) is 15.9. The Kier molecular flexibility index (Phi) is 6.98. The van der Waals surface area contributed by atoms with Crippen LogP contribution in [0.1, 0.15) is 48.7 Å². The van der Waals surface area contributed by atoms with Crippen molar-refractivity contribution in [1.29, 1.82) is 0 Å². The van der Waals surface area contributed by atoms with Crippen molar-refractivity contribution < 1.29 is 9.90 Å². The average molecular weight is 509 g/mol. The Hall–Kier alpha value is -2.93. The number of hydrogen-bond donors (Lipinski definition) is 2. The van der Waals surface area contributed by atoms with Gasteiger partial charge in [-0.3, -0.25) is 4.79 Å². The molecule has 2 heterocycles. The molecule has 0 amide bonds. The number of alkyl halides is 1. The number of benzene rings is 2. The van der Waals surface area contributed by atoms with E-state index in [1.807, 2.05) is 37.3 Å². The van der Waals surface area contributed by atoms with Gasteiger partial charge in [0.2, 0.25) is 0 Å². The molecule has 2 aromatic carbocycles. The zero-order valence-electron chi connectivity index (χ0n) is 19.1. The average Bonchev–Trinajstić information content (AvgIpc) is 3.17. The summed E-state index contributed by atoms with van der Waals surface area (Å²) >= 11 is 3.21. The van der Waals surface area contributed by atoms with E-state index in [2.05, 4.69) is 38.5 Å². The summed E-state index contributed by atoms with van der Waals surface area (Å²) in [5, 5.41) is 11.9. The summed E-state index contributed by atoms with van der Waals surface area (Å²) in [4.78, 5) is 21.3. The normalized spacial score (nSPS) is 11.5. The van der Waals surface area contributed by atoms with Gasteiger partial charge < -0.3 is 15.4 Å². The number of phenols is 1. The van der Waals surface area contributed by atoms with Crippen molar-refractivity contribution in [3.8, 4) is 5.75 Å². The fourth-order valence-electron chi connectivity index (χ4n) is 4.34. The molecule has 0 fully saturated rings. The van der Waals surface area contributed by atoms with Crippen molar-refractivity contribution in [1.82, 2.24) is 14.5 Å². The molecule has 0 aliphatic rings. The molecule has 6 nitrogen and oxygen atoms in total. The summed E-state index contributed by atoms with van der Waals surface area (Å²) in [6.07, 6.45) is 3.86. The lowest BCUT2D eigenvalue weighted by Crippen LogP contribution is -2.07. The number of phenolic OH excluding ortho intramolecular Hbond substituents is 1. The minimum atomic E-state index is 0.120. The van der Waals surface area contributed by atoms with E-state index in [-0.39, 0.29) is 11.5 Å². The molecule has 0 saturated carbocycles. The summed E-state index contributed by atoms with van der Waals surface area (Å²) in [7, 11) is 0. The van der Waals surface area contributed by atoms with Crippen LogP contribution in [0.5, 0.6) is 5.75 Å². The minimum absolute atomic E-state index is 0.120. The van der Waals surface area contributed by atoms with Crippen LogP contribution in [0.25, 0.3) is 21.9 Å². The van der Waals surface area contributed by atoms with Crippen LogP contribution in [0.4, 0.5) is 5.82 Å². The van der Waals surface area contributed by atoms with Crippen molar-refractivity contribution in [2.75, 3.05) is 11.1 Å². The number of unbranched alkanes of at least 4 members (excludes halogenated alkanes) is 1. The maximum atomic E-state index is 11.8. The smallest absolute Gasteiger partial charge is 0.152 e. The van der Waals surface area contributed by atoms with Crippen LogP contribution in [-0.2, 0) is 24.2 Å². The SMILES string of the molecule is CCCCc1nc2c(N)nc3ccccc3c2n1Cc1cc(C)c(O)c(CCC(=O)CBr)c1. The number of carbonyl (C=O) groups is 1. The number of nitrogen functional groups attached to an aromatic ring is 1. The molecule has 4 aromatic rings. The van der Waals surface area contributed by atoms with E-state index in [0.29, 0.717) is 30.5 Å². The Balaban J connectivity index is 1.84. The molecule has 0 spiro atoms. The van der Waals surface area contributed by atoms with E-state index in [9.17, 15) is 9.90 Å². The number of aromatic nitrogens is 3. The van der Waals surface area contributed by atoms with Gasteiger partial charge in [-0.1, -0.05) is 59.6 Å². The number of nitrogens with zero attached hydrogens (tertiary/aromatic N) is 3. The molecule has 7 heteroatoms. The van der Waals surface area contributed by atoms with Crippen LogP contribution in [0.3, 0.4) is 0 Å². The van der Waals surface area contributed by atoms with Gasteiger partial charge in [0.25, 0.3) is 0 Å². The number of pyridine rings is 1. The first kappa shape index (κ1) is 23.2. The molecule has 2 aromatic heterocycles. The predicted octanol–water partition coefficient (Wildman–Crippen LogP) is 5.47. The second kappa shape index (κ2) is 9.91. The number of anilines is 1. The standard InChI is InChI=1S/C26H29BrN4O2/c1-3-4-9-22-30-23-24(20-7-5-6-8-21(20)29-26(23)28)31(22)15-17-12-16(2)25(33)18(13-17)10-11-19(32)14-27/h5-8,12-13,33H,3-4,9-11,14-15H2,1-2H3,(H2,28,29). The first-order valence-corrected chi connectivity index (χ1v) is 12.5. The van der Waals surface area contributed by atoms with E-state index in [4.69, 9.17) is 10.7 Å². The van der Waals surface area contributed by atoms with Crippen molar-refractivity contribution >= 4 is 49.5 Å². The predicted molar refractivity (Wildman–Crippen MR) is 137 cm³/mol. The zero-order chi connectivity index (χ0) is 23.5. The van der Waals surface area contributed by atoms with Gasteiger partial charge >= 0.3 is 0 Å². The Morgan fingerprint density at radius 1 is 1.18 bits per heavy atom. The maximum absolute atomic E-state index is 11.8. The Labute approximate surface area is 202 Å². The molecule has 33 heavy (non-hydrogen) atoms. The van der Waals surface area contributed by atoms with Gasteiger partial charge in [0.1, 0.15) is 22.9 Å². The second-order valence-electron chi connectivity index (χ2n) is 8.52. The lowest BCUT2D eigenvalue weighted by atomic mass is 10.00. The Bertz CT molecular complexity index is 1330. The molecule has 0 saturated heterocycles. The minimum Gasteiger partial charge on any atom is -0.507 e. The number of imidazole rings is 1. The summed E-state index contributed by atoms with van der Waals surface area (Å²) in [6.45, 7) is 4.67. The highest BCUT2D eigenvalue weighted by Gasteiger charge is 2.18. The van der Waals surface area contributed by atoms with Gasteiger partial charge in [0.05, 0.1) is 16.4 Å². The number of hydrogen-bond acceptors (Lipinski definition) is 5. The van der Waals surface area contributed by atoms with Gasteiger partial charge in [-0.05, 0) is 42.5 Å². The van der Waals surface area contributed by atoms with Gasteiger partial charge in [-0.25, -0.2) is 9.97 Å². The molecular formula is C26H29BrN4O2. The highest BCUT2D eigenvalue weighted by molar-refractivity contribution is 9.09. The van der Waals surface area contributed by atoms with Crippen molar-refractivity contribution in [3.63, 3.8) is 0 Å². The van der Waals surface area contributed by atoms with E-state index < -0.39 is 0 Å². The number of aromatic hydroxyl groups is 1. The van der Waals surface area contributed by atoms with E-state index >= 15 is 0 Å². The summed E-state index contributed by atoms with van der Waals surface area (Å²) < 4.78 is 2.24. The van der Waals surface area contributed by atoms with Crippen molar-refractivity contribution in [2.45, 2.75) is 52.5 Å². The molecule has 0 aliphatic heterocycles. The molecular weight excluding hydrogens is 480 g/mol. The van der Waals surface area contributed by atoms with Crippen LogP contribution in [0, 0.1) is 6.92 Å². The lowest BCUT2D eigenvalue weighted by molar-refractivity contribution is -0.116. The zero-order valence-corrected chi connectivity index (χ0v) is 20.7. The summed E-state index contributed by atoms with van der Waals surface area (Å²) in [5.74, 6) is 1.81. The van der Waals surface area contributed by atoms with Crippen LogP contribution in [-0.4, -0.2) is 30.8 Å². The topological polar surface area (TPSA) is 94.0 Å². The van der Waals surface area contributed by atoms with Gasteiger partial charge in [0, 0.05) is 24.8 Å². The quantitative estimate of drug-likeness (QED) is 0.292. The molecule has 172 valence electrons. The van der Waals surface area contributed by atoms with Crippen LogP contribution in [0.15, 0.2) is 36.4 Å². The Morgan fingerprint density at radius 3 is 2.73 bits per heavy atom. The summed E-state index contributed by atoms with van der Waals surface area (Å²) in [6, 6.07) is 12.0. The number of para-hydroxylation sites is 1. The number of carbonyl (C=O) groups excluding carboxylic acids is 1. The fraction of sp³-hybridized carbons (Fsp3) is 0.346. The highest BCUT2D eigenvalue weighted by atomic mass is 79.9. The van der Waals surface area contributed by atoms with Crippen LogP contribution in [0.2, 0.25) is 0 Å². The number of fused-ring (bicyclic) bond motifs is 3. The largest absolute Gasteiger partial charge is 0.507 e. The number of halogens is 1. The number of ketones is 1. The monoisotopic (exact) mass is 508 g/mol. The number of rotatable bonds is 9. The van der Waals surface area contributed by atoms with E-state index in [1.165, 1.54) is 0 Å². The molecule has 0 atom stereocenters. The second-order valence-corrected chi connectivity index (χ2v) is 9.08. The van der Waals surface area contributed by atoms with Crippen molar-refractivity contribution in [2.24, 2.45) is 0 Å². The number of nitrogens with two attached hydrogens (primary N) is 1. The van der Waals surface area contributed by atoms with Crippen LogP contribution >= 0.6 is 15.9 Å². The molecule has 0 bridgehead atoms. The molecule has 0 radical (unpaired) electrons. The van der Waals surface area contributed by atoms with Crippen LogP contribution < -0.4 is 5.73 Å². The third-order valence-corrected chi connectivity index (χ3v) is 6.67. The third-order valence-electron chi connectivity index (χ3n) is 6.05. The fourth-order valence-corrected chi connectivity index (χ4v) is 4.62. The van der Waals surface area contributed by atoms with Gasteiger partial charge in [-0.15, -0.1) is 0 Å². The number of aryl methyl sites for hydroxylation is 3. The summed E-state index contributed by atoms with van der Waals surface area (Å²) in [5.41, 5.74) is 11.6. The first-order valence-electron chi connectivity index (χ1n) is 11.3. The maximum Gasteiger partial charge on any atom is 0.152 e. The van der Waals surface area contributed by atoms with Gasteiger partial charge in [-0.2, -0.15) is 0 Å². The Morgan fingerprint density at radius 2 is 1.97 bits per heavy atom. The molecule has 0 unspecified atom stereocenters. The van der Waals surface area contributed by atoms with E-state index in [0.717, 1.165) is 63.7 Å². The van der Waals surface area contributed by atoms with Gasteiger partial charge in [0.15, 0.2) is 5.82 Å². The number of Topliss-reactive ketones (excluding diaryl/α,β-unsaturated/α-hetero) is 1. The molecule has 3 N–H and O–H groups in total. The van der Waals surface area contributed by atoms with Crippen molar-refractivity contribution in [3.05, 3.63) is 58.9 Å².